The van der Waals surface area contributed by atoms with E-state index in [1.54, 1.807) is 45.0 Å². The van der Waals surface area contributed by atoms with Crippen molar-refractivity contribution in [2.75, 3.05) is 29.0 Å². The van der Waals surface area contributed by atoms with Gasteiger partial charge in [0, 0.05) is 53.2 Å². The second-order valence-corrected chi connectivity index (χ2v) is 12.0. The number of rotatable bonds is 7. The second-order valence-electron chi connectivity index (χ2n) is 11.6. The highest BCUT2D eigenvalue weighted by Gasteiger charge is 2.36. The van der Waals surface area contributed by atoms with E-state index in [-0.39, 0.29) is 30.9 Å². The standard InChI is InChI=1S/C32H34ClN7O4/c1-5-27(41)36-20-10-12-21(13-11-20)37-29(42)19-14-22(18-40(17-19)31(43)44-32(2,3)4)38-30-35-16-25(33)28(39-30)24-15-34-26-9-7-6-8-23(24)26/h5-13,15-16,19,22,34H,1,14,17-18H2,2-4H3,(H,36,41)(H,37,42)(H,35,38,39)/t19-,22?/m1/s1. The van der Waals surface area contributed by atoms with E-state index in [1.807, 2.05) is 30.5 Å². The number of aromatic amines is 1. The number of carbonyl (C=O) groups excluding carboxylic acids is 3. The van der Waals surface area contributed by atoms with Gasteiger partial charge >= 0.3 is 6.09 Å². The van der Waals surface area contributed by atoms with Crippen LogP contribution in [0.15, 0.2) is 73.6 Å². The maximum absolute atomic E-state index is 13.5. The van der Waals surface area contributed by atoms with Crippen molar-refractivity contribution in [3.05, 3.63) is 78.6 Å². The summed E-state index contributed by atoms with van der Waals surface area (Å²) in [4.78, 5) is 52.0. The maximum Gasteiger partial charge on any atom is 0.410 e. The third kappa shape index (κ3) is 7.35. The summed E-state index contributed by atoms with van der Waals surface area (Å²) < 4.78 is 5.63. The maximum atomic E-state index is 13.5. The molecule has 0 spiro atoms. The minimum absolute atomic E-state index is 0.175. The van der Waals surface area contributed by atoms with Crippen molar-refractivity contribution in [1.29, 1.82) is 0 Å². The molecular formula is C32H34ClN7O4. The van der Waals surface area contributed by atoms with E-state index in [0.29, 0.717) is 34.5 Å². The summed E-state index contributed by atoms with van der Waals surface area (Å²) in [6.07, 6.45) is 4.47. The van der Waals surface area contributed by atoms with Crippen LogP contribution in [0, 0.1) is 5.92 Å². The van der Waals surface area contributed by atoms with Crippen LogP contribution in [0.5, 0.6) is 0 Å². The molecule has 2 aromatic heterocycles. The molecule has 5 rings (SSSR count). The third-order valence-electron chi connectivity index (χ3n) is 7.00. The van der Waals surface area contributed by atoms with Crippen LogP contribution in [-0.4, -0.2) is 62.5 Å². The molecule has 3 heterocycles. The molecule has 3 amide bonds. The SMILES string of the molecule is C=CC(=O)Nc1ccc(NC(=O)[C@@H]2CC(Nc3ncc(Cl)c(-c4c[nH]c5ccccc45)n3)CN(C(=O)OC(C)(C)C)C2)cc1. The first-order chi connectivity index (χ1) is 21.0. The summed E-state index contributed by atoms with van der Waals surface area (Å²) in [5.41, 5.74) is 2.77. The number of ether oxygens (including phenoxy) is 1. The average Bonchev–Trinajstić information content (AvgIpc) is 3.42. The smallest absolute Gasteiger partial charge is 0.410 e. The predicted molar refractivity (Wildman–Crippen MR) is 172 cm³/mol. The molecule has 0 aliphatic carbocycles. The molecule has 1 fully saturated rings. The number of amides is 3. The molecule has 228 valence electrons. The Labute approximate surface area is 260 Å². The Morgan fingerprint density at radius 3 is 2.48 bits per heavy atom. The van der Waals surface area contributed by atoms with Crippen LogP contribution in [0.2, 0.25) is 5.02 Å². The average molecular weight is 616 g/mol. The molecule has 4 aromatic rings. The van der Waals surface area contributed by atoms with E-state index in [2.05, 4.69) is 32.5 Å². The number of carbonyl (C=O) groups is 3. The summed E-state index contributed by atoms with van der Waals surface area (Å²) >= 11 is 6.53. The normalized spacial score (nSPS) is 16.7. The van der Waals surface area contributed by atoms with E-state index in [4.69, 9.17) is 21.3 Å². The number of benzene rings is 2. The van der Waals surface area contributed by atoms with Crippen molar-refractivity contribution in [2.45, 2.75) is 38.8 Å². The van der Waals surface area contributed by atoms with Gasteiger partial charge in [-0.15, -0.1) is 0 Å². The lowest BCUT2D eigenvalue weighted by molar-refractivity contribution is -0.121. The molecule has 0 saturated carbocycles. The first-order valence-electron chi connectivity index (χ1n) is 14.2. The number of halogens is 1. The van der Waals surface area contributed by atoms with Gasteiger partial charge < -0.3 is 30.6 Å². The number of para-hydroxylation sites is 1. The molecule has 1 unspecified atom stereocenters. The zero-order chi connectivity index (χ0) is 31.4. The minimum Gasteiger partial charge on any atom is -0.444 e. The number of hydrogen-bond donors (Lipinski definition) is 4. The molecule has 1 saturated heterocycles. The molecule has 1 aliphatic heterocycles. The number of hydrogen-bond acceptors (Lipinski definition) is 7. The molecule has 44 heavy (non-hydrogen) atoms. The van der Waals surface area contributed by atoms with Gasteiger partial charge in [0.05, 0.1) is 22.8 Å². The van der Waals surface area contributed by atoms with Crippen LogP contribution in [-0.2, 0) is 14.3 Å². The Hall–Kier alpha value is -4.90. The van der Waals surface area contributed by atoms with Gasteiger partial charge in [-0.2, -0.15) is 0 Å². The van der Waals surface area contributed by atoms with Crippen molar-refractivity contribution in [3.63, 3.8) is 0 Å². The molecule has 0 bridgehead atoms. The highest BCUT2D eigenvalue weighted by molar-refractivity contribution is 6.33. The summed E-state index contributed by atoms with van der Waals surface area (Å²) in [6.45, 7) is 9.28. The van der Waals surface area contributed by atoms with Gasteiger partial charge in [-0.1, -0.05) is 36.4 Å². The van der Waals surface area contributed by atoms with Gasteiger partial charge in [-0.25, -0.2) is 14.8 Å². The lowest BCUT2D eigenvalue weighted by atomic mass is 9.93. The highest BCUT2D eigenvalue weighted by Crippen LogP contribution is 2.33. The fourth-order valence-corrected chi connectivity index (χ4v) is 5.21. The molecule has 2 aromatic carbocycles. The van der Waals surface area contributed by atoms with Gasteiger partial charge in [0.1, 0.15) is 5.60 Å². The van der Waals surface area contributed by atoms with Crippen molar-refractivity contribution < 1.29 is 19.1 Å². The Morgan fingerprint density at radius 2 is 1.77 bits per heavy atom. The van der Waals surface area contributed by atoms with Crippen molar-refractivity contribution in [1.82, 2.24) is 19.9 Å². The topological polar surface area (TPSA) is 141 Å². The Morgan fingerprint density at radius 1 is 1.07 bits per heavy atom. The van der Waals surface area contributed by atoms with E-state index in [9.17, 15) is 14.4 Å². The quantitative estimate of drug-likeness (QED) is 0.185. The largest absolute Gasteiger partial charge is 0.444 e. The molecule has 4 N–H and O–H groups in total. The minimum atomic E-state index is -0.703. The van der Waals surface area contributed by atoms with Crippen LogP contribution in [0.3, 0.4) is 0 Å². The molecule has 11 nitrogen and oxygen atoms in total. The van der Waals surface area contributed by atoms with E-state index in [1.165, 1.54) is 17.2 Å². The Bertz CT molecular complexity index is 1700. The monoisotopic (exact) mass is 615 g/mol. The third-order valence-corrected chi connectivity index (χ3v) is 7.28. The van der Waals surface area contributed by atoms with Crippen LogP contribution in [0.25, 0.3) is 22.2 Å². The zero-order valence-corrected chi connectivity index (χ0v) is 25.4. The number of likely N-dealkylation sites (tertiary alicyclic amines) is 1. The Balaban J connectivity index is 1.35. The van der Waals surface area contributed by atoms with Crippen LogP contribution in [0.4, 0.5) is 22.1 Å². The molecular weight excluding hydrogens is 582 g/mol. The highest BCUT2D eigenvalue weighted by atomic mass is 35.5. The van der Waals surface area contributed by atoms with Gasteiger partial charge in [0.15, 0.2) is 0 Å². The van der Waals surface area contributed by atoms with E-state index >= 15 is 0 Å². The molecule has 12 heteroatoms. The van der Waals surface area contributed by atoms with Gasteiger partial charge in [0.25, 0.3) is 0 Å². The van der Waals surface area contributed by atoms with E-state index < -0.39 is 17.6 Å². The van der Waals surface area contributed by atoms with Gasteiger partial charge in [-0.05, 0) is 63.6 Å². The first-order valence-corrected chi connectivity index (χ1v) is 14.5. The molecule has 1 aliphatic rings. The van der Waals surface area contributed by atoms with Gasteiger partial charge in [0.2, 0.25) is 17.8 Å². The first kappa shape index (κ1) is 30.6. The lowest BCUT2D eigenvalue weighted by Gasteiger charge is -2.38. The van der Waals surface area contributed by atoms with Crippen molar-refractivity contribution >= 4 is 57.7 Å². The number of fused-ring (bicyclic) bond motifs is 1. The predicted octanol–water partition coefficient (Wildman–Crippen LogP) is 6.08. The van der Waals surface area contributed by atoms with Crippen LogP contribution >= 0.6 is 11.6 Å². The van der Waals surface area contributed by atoms with Crippen molar-refractivity contribution in [3.8, 4) is 11.3 Å². The fraction of sp³-hybridized carbons (Fsp3) is 0.281. The number of aromatic nitrogens is 3. The number of anilines is 3. The summed E-state index contributed by atoms with van der Waals surface area (Å²) in [5.74, 6) is -0.830. The lowest BCUT2D eigenvalue weighted by Crippen LogP contribution is -2.52. The van der Waals surface area contributed by atoms with Crippen LogP contribution in [0.1, 0.15) is 27.2 Å². The number of nitrogens with zero attached hydrogens (tertiary/aromatic N) is 3. The fourth-order valence-electron chi connectivity index (χ4n) is 5.02. The van der Waals surface area contributed by atoms with E-state index in [0.717, 1.165) is 16.5 Å². The summed E-state index contributed by atoms with van der Waals surface area (Å²) in [5, 5.41) is 10.3. The van der Waals surface area contributed by atoms with Crippen molar-refractivity contribution in [2.24, 2.45) is 5.92 Å². The molecule has 2 atom stereocenters. The van der Waals surface area contributed by atoms with Crippen LogP contribution < -0.4 is 16.0 Å². The number of piperidine rings is 1. The number of H-pyrrole nitrogens is 1. The number of nitrogens with one attached hydrogen (secondary N) is 4. The summed E-state index contributed by atoms with van der Waals surface area (Å²) in [6, 6.07) is 14.2. The zero-order valence-electron chi connectivity index (χ0n) is 24.7. The summed E-state index contributed by atoms with van der Waals surface area (Å²) in [7, 11) is 0. The molecule has 0 radical (unpaired) electrons. The van der Waals surface area contributed by atoms with Gasteiger partial charge in [-0.3, -0.25) is 9.59 Å². The Kier molecular flexibility index (Phi) is 8.86. The second kappa shape index (κ2) is 12.8.